The number of nitrogens with zero attached hydrogens (tertiary/aromatic N) is 8. The van der Waals surface area contributed by atoms with Crippen molar-refractivity contribution in [3.8, 4) is 11.4 Å². The summed E-state index contributed by atoms with van der Waals surface area (Å²) in [5, 5.41) is 8.21. The van der Waals surface area contributed by atoms with Crippen LogP contribution in [0.15, 0.2) is 50.8 Å². The molecule has 46 heavy (non-hydrogen) atoms. The Kier molecular flexibility index (Phi) is 8.89. The molecule has 4 aliphatic rings. The fraction of sp³-hybridized carbons (Fsp3) is 0.500. The van der Waals surface area contributed by atoms with Gasteiger partial charge in [0.25, 0.3) is 0 Å². The molecule has 244 valence electrons. The van der Waals surface area contributed by atoms with Crippen LogP contribution in [0.2, 0.25) is 10.0 Å². The highest BCUT2D eigenvalue weighted by molar-refractivity contribution is 7.89. The van der Waals surface area contributed by atoms with E-state index in [9.17, 15) is 8.42 Å². The van der Waals surface area contributed by atoms with Crippen molar-refractivity contribution < 1.29 is 12.9 Å². The molecule has 7 rings (SSSR count). The molecule has 2 saturated heterocycles. The lowest BCUT2D eigenvalue weighted by atomic mass is 9.97. The zero-order valence-electron chi connectivity index (χ0n) is 25.4. The third-order valence-corrected chi connectivity index (χ3v) is 10.4. The number of aromatic nitrogens is 3. The van der Waals surface area contributed by atoms with Crippen LogP contribution >= 0.6 is 23.2 Å². The molecule has 0 radical (unpaired) electrons. The van der Waals surface area contributed by atoms with Crippen LogP contribution in [0.3, 0.4) is 0 Å². The predicted octanol–water partition coefficient (Wildman–Crippen LogP) is 4.22. The summed E-state index contributed by atoms with van der Waals surface area (Å²) in [6, 6.07) is 8.67. The standard InChI is InChI=1S/C30H36Cl2N10O3S/c1-2-23-17-41(30-26(32)14-22(15-33-30)36-29-28(35-21-5-6-21)38-46(43,44)39-29)11-12-42(23)24-7-9-40(10-8-24)16-19-3-4-20(31)13-25(19)27-34-18-45-37-27/h3-4,13-15,18,21,23-24H,2,5-12,16-17H2,1H3,(H,35,38)(H,36,39)/t23-/m0/s1. The third kappa shape index (κ3) is 7.00. The Bertz CT molecular complexity index is 1740. The molecule has 1 aliphatic carbocycles. The van der Waals surface area contributed by atoms with Gasteiger partial charge < -0.3 is 14.7 Å². The molecule has 13 nitrogen and oxygen atoms in total. The van der Waals surface area contributed by atoms with Crippen molar-refractivity contribution in [1.29, 1.82) is 0 Å². The van der Waals surface area contributed by atoms with Gasteiger partial charge in [-0.3, -0.25) is 14.8 Å². The van der Waals surface area contributed by atoms with E-state index in [4.69, 9.17) is 27.7 Å². The van der Waals surface area contributed by atoms with Crippen LogP contribution in [0.4, 0.5) is 11.5 Å². The van der Waals surface area contributed by atoms with Gasteiger partial charge in [0, 0.05) is 48.8 Å². The summed E-state index contributed by atoms with van der Waals surface area (Å²) < 4.78 is 35.2. The summed E-state index contributed by atoms with van der Waals surface area (Å²) in [7, 11) is -3.81. The van der Waals surface area contributed by atoms with Crippen molar-refractivity contribution in [2.24, 2.45) is 9.39 Å². The molecule has 3 aliphatic heterocycles. The fourth-order valence-electron chi connectivity index (χ4n) is 6.52. The van der Waals surface area contributed by atoms with E-state index in [0.29, 0.717) is 33.6 Å². The van der Waals surface area contributed by atoms with Gasteiger partial charge in [0.05, 0.1) is 22.9 Å². The Morgan fingerprint density at radius 3 is 2.63 bits per heavy atom. The summed E-state index contributed by atoms with van der Waals surface area (Å²) in [4.78, 5) is 20.8. The molecule has 3 fully saturated rings. The fourth-order valence-corrected chi connectivity index (χ4v) is 7.79. The zero-order valence-corrected chi connectivity index (χ0v) is 27.8. The SMILES string of the molecule is CC[C@H]1CN(c2ncc(NC3=NS(=O)(=O)NC3=NC3CC3)cc2Cl)CCN1C1CCN(Cc2ccc(Cl)cc2-c2ncon2)CC1. The van der Waals surface area contributed by atoms with Crippen molar-refractivity contribution in [3.63, 3.8) is 0 Å². The minimum Gasteiger partial charge on any atom is -0.353 e. The largest absolute Gasteiger partial charge is 0.353 e. The topological polar surface area (TPSA) is 144 Å². The number of piperidine rings is 1. The van der Waals surface area contributed by atoms with Gasteiger partial charge in [-0.25, -0.2) is 9.71 Å². The first-order valence-electron chi connectivity index (χ1n) is 15.7. The lowest BCUT2D eigenvalue weighted by molar-refractivity contribution is 0.0611. The summed E-state index contributed by atoms with van der Waals surface area (Å²) >= 11 is 13.0. The van der Waals surface area contributed by atoms with Crippen LogP contribution in [-0.2, 0) is 16.8 Å². The van der Waals surface area contributed by atoms with E-state index in [-0.39, 0.29) is 17.7 Å². The maximum atomic E-state index is 12.0. The van der Waals surface area contributed by atoms with Gasteiger partial charge >= 0.3 is 10.2 Å². The van der Waals surface area contributed by atoms with Crippen LogP contribution in [0.5, 0.6) is 0 Å². The number of pyridine rings is 1. The van der Waals surface area contributed by atoms with Gasteiger partial charge in [-0.2, -0.15) is 13.4 Å². The number of rotatable bonds is 8. The van der Waals surface area contributed by atoms with Gasteiger partial charge in [0.2, 0.25) is 12.2 Å². The first-order valence-corrected chi connectivity index (χ1v) is 17.9. The Balaban J connectivity index is 0.960. The number of halogens is 2. The Labute approximate surface area is 278 Å². The number of aliphatic imine (C=N–C) groups is 1. The molecule has 0 spiro atoms. The third-order valence-electron chi connectivity index (χ3n) is 9.00. The second kappa shape index (κ2) is 13.1. The van der Waals surface area contributed by atoms with Crippen LogP contribution < -0.4 is 14.9 Å². The highest BCUT2D eigenvalue weighted by atomic mass is 35.5. The maximum Gasteiger partial charge on any atom is 0.345 e. The van der Waals surface area contributed by atoms with E-state index in [1.54, 1.807) is 12.3 Å². The van der Waals surface area contributed by atoms with Gasteiger partial charge in [-0.05, 0) is 69.0 Å². The molecule has 1 aromatic carbocycles. The van der Waals surface area contributed by atoms with Crippen molar-refractivity contribution in [3.05, 3.63) is 52.5 Å². The Hall–Kier alpha value is -3.30. The Morgan fingerprint density at radius 1 is 1.09 bits per heavy atom. The Morgan fingerprint density at radius 2 is 1.91 bits per heavy atom. The predicted molar refractivity (Wildman–Crippen MR) is 179 cm³/mol. The average molecular weight is 688 g/mol. The van der Waals surface area contributed by atoms with Gasteiger partial charge in [-0.1, -0.05) is 41.3 Å². The number of nitrogens with one attached hydrogen (secondary N) is 2. The summed E-state index contributed by atoms with van der Waals surface area (Å²) in [5.74, 6) is 1.67. The summed E-state index contributed by atoms with van der Waals surface area (Å²) in [6.45, 7) is 7.65. The lowest BCUT2D eigenvalue weighted by Gasteiger charge is -2.47. The molecular weight excluding hydrogens is 651 g/mol. The number of piperazine rings is 1. The highest BCUT2D eigenvalue weighted by Gasteiger charge is 2.35. The van der Waals surface area contributed by atoms with E-state index in [1.807, 2.05) is 12.1 Å². The number of likely N-dealkylation sites (tertiary alicyclic amines) is 1. The normalized spacial score (nSPS) is 23.5. The van der Waals surface area contributed by atoms with E-state index in [2.05, 4.69) is 62.2 Å². The molecule has 3 aromatic rings. The number of hydrogen-bond acceptors (Lipinski definition) is 11. The molecule has 0 bridgehead atoms. The van der Waals surface area contributed by atoms with Crippen molar-refractivity contribution in [2.45, 2.75) is 63.7 Å². The quantitative estimate of drug-likeness (QED) is 0.353. The summed E-state index contributed by atoms with van der Waals surface area (Å²) in [6.07, 6.45) is 8.12. The van der Waals surface area contributed by atoms with E-state index < -0.39 is 10.2 Å². The number of anilines is 2. The molecule has 0 amide bonds. The lowest BCUT2D eigenvalue weighted by Crippen LogP contribution is -2.58. The number of hydrogen-bond donors (Lipinski definition) is 2. The van der Waals surface area contributed by atoms with Crippen LogP contribution in [0, 0.1) is 0 Å². The molecule has 5 heterocycles. The first-order chi connectivity index (χ1) is 22.2. The number of amidine groups is 2. The molecule has 1 atom stereocenters. The maximum absolute atomic E-state index is 12.0. The van der Waals surface area contributed by atoms with Crippen molar-refractivity contribution in [1.82, 2.24) is 29.6 Å². The molecule has 1 saturated carbocycles. The van der Waals surface area contributed by atoms with Crippen molar-refractivity contribution in [2.75, 3.05) is 42.9 Å². The van der Waals surface area contributed by atoms with E-state index >= 15 is 0 Å². The van der Waals surface area contributed by atoms with E-state index in [1.165, 1.54) is 6.39 Å². The van der Waals surface area contributed by atoms with Crippen LogP contribution in [0.25, 0.3) is 11.4 Å². The zero-order chi connectivity index (χ0) is 31.8. The smallest absolute Gasteiger partial charge is 0.345 e. The summed E-state index contributed by atoms with van der Waals surface area (Å²) in [5.41, 5.74) is 2.60. The van der Waals surface area contributed by atoms with Gasteiger partial charge in [0.15, 0.2) is 11.7 Å². The molecule has 2 aromatic heterocycles. The molecular formula is C30H36Cl2N10O3S. The van der Waals surface area contributed by atoms with Crippen LogP contribution in [0.1, 0.15) is 44.6 Å². The van der Waals surface area contributed by atoms with Crippen LogP contribution in [-0.4, -0.2) is 95.9 Å². The van der Waals surface area contributed by atoms with Gasteiger partial charge in [0.1, 0.15) is 5.82 Å². The van der Waals surface area contributed by atoms with Gasteiger partial charge in [-0.15, -0.1) is 4.40 Å². The number of benzene rings is 1. The molecule has 16 heteroatoms. The minimum absolute atomic E-state index is 0.135. The van der Waals surface area contributed by atoms with E-state index in [0.717, 1.165) is 88.3 Å². The molecule has 0 unspecified atom stereocenters. The second-order valence-corrected chi connectivity index (χ2v) is 14.4. The monoisotopic (exact) mass is 686 g/mol. The molecule has 2 N–H and O–H groups in total. The average Bonchev–Trinajstić information content (AvgIpc) is 3.59. The second-order valence-electron chi connectivity index (χ2n) is 12.2. The first kappa shape index (κ1) is 31.3. The van der Waals surface area contributed by atoms with Crippen molar-refractivity contribution >= 4 is 56.6 Å². The minimum atomic E-state index is -3.81. The highest BCUT2D eigenvalue weighted by Crippen LogP contribution is 2.32.